The lowest BCUT2D eigenvalue weighted by molar-refractivity contribution is -0.116. The first kappa shape index (κ1) is 16.5. The highest BCUT2D eigenvalue weighted by Gasteiger charge is 2.28. The molecule has 0 saturated carbocycles. The molecule has 9 heteroatoms. The Bertz CT molecular complexity index is 665. The average Bonchev–Trinajstić information content (AvgIpc) is 2.72. The Morgan fingerprint density at radius 3 is 2.81 bits per heavy atom. The number of hydrogen-bond donors (Lipinski definition) is 2. The summed E-state index contributed by atoms with van der Waals surface area (Å²) < 4.78 is 24.9. The van der Waals surface area contributed by atoms with Crippen molar-refractivity contribution in [2.24, 2.45) is 0 Å². The molecule has 0 atom stereocenters. The summed E-state index contributed by atoms with van der Waals surface area (Å²) in [6.45, 7) is 0.584. The summed E-state index contributed by atoms with van der Waals surface area (Å²) in [6, 6.07) is 2.93. The number of nitrogens with zero attached hydrogens (tertiary/aromatic N) is 1. The zero-order valence-electron chi connectivity index (χ0n) is 11.0. The number of sulfonamides is 1. The molecule has 0 spiro atoms. The van der Waals surface area contributed by atoms with Crippen LogP contribution in [0.4, 0.5) is 5.69 Å². The maximum absolute atomic E-state index is 11.9. The second kappa shape index (κ2) is 6.51. The number of carbonyl (C=O) groups is 1. The van der Waals surface area contributed by atoms with Gasteiger partial charge < -0.3 is 10.4 Å². The molecule has 0 aliphatic carbocycles. The van der Waals surface area contributed by atoms with Gasteiger partial charge in [0.1, 0.15) is 0 Å². The lowest BCUT2D eigenvalue weighted by Crippen LogP contribution is -2.29. The Balaban J connectivity index is 1.97. The van der Waals surface area contributed by atoms with Crippen LogP contribution in [-0.4, -0.2) is 42.6 Å². The van der Waals surface area contributed by atoms with Crippen LogP contribution in [0, 0.1) is 0 Å². The number of benzene rings is 1. The highest BCUT2D eigenvalue weighted by atomic mass is 79.9. The van der Waals surface area contributed by atoms with Crippen molar-refractivity contribution in [1.82, 2.24) is 4.31 Å². The van der Waals surface area contributed by atoms with Crippen LogP contribution < -0.4 is 5.32 Å². The molecule has 0 bridgehead atoms. The predicted molar refractivity (Wildman–Crippen MR) is 84.0 cm³/mol. The molecule has 0 aromatic heterocycles. The number of phenolic OH excluding ortho intramolecular Hbond substituents is 1. The van der Waals surface area contributed by atoms with Crippen molar-refractivity contribution in [1.29, 1.82) is 0 Å². The van der Waals surface area contributed by atoms with E-state index in [2.05, 4.69) is 21.2 Å². The van der Waals surface area contributed by atoms with E-state index in [4.69, 9.17) is 11.6 Å². The first-order valence-electron chi connectivity index (χ1n) is 6.25. The van der Waals surface area contributed by atoms with E-state index < -0.39 is 10.0 Å². The summed E-state index contributed by atoms with van der Waals surface area (Å²) in [6.07, 6.45) is 0.606. The molecule has 1 aromatic carbocycles. The van der Waals surface area contributed by atoms with E-state index in [1.165, 1.54) is 16.4 Å². The topological polar surface area (TPSA) is 86.7 Å². The van der Waals surface area contributed by atoms with Gasteiger partial charge in [0, 0.05) is 24.5 Å². The van der Waals surface area contributed by atoms with Gasteiger partial charge in [-0.2, -0.15) is 0 Å². The Hall–Kier alpha value is -0.830. The minimum absolute atomic E-state index is 0.0167. The van der Waals surface area contributed by atoms with E-state index in [1.54, 1.807) is 0 Å². The SMILES string of the molecule is O=C(CCN1CCCS1(=O)=O)Nc1cc(Cl)cc(Br)c1O. The molecular formula is C12H14BrClN2O4S. The Kier molecular flexibility index (Phi) is 5.13. The smallest absolute Gasteiger partial charge is 0.225 e. The highest BCUT2D eigenvalue weighted by Crippen LogP contribution is 2.35. The lowest BCUT2D eigenvalue weighted by Gasteiger charge is -2.14. The quantitative estimate of drug-likeness (QED) is 0.762. The second-order valence-corrected chi connectivity index (χ2v) is 8.03. The highest BCUT2D eigenvalue weighted by molar-refractivity contribution is 9.10. The van der Waals surface area contributed by atoms with Gasteiger partial charge in [-0.05, 0) is 34.5 Å². The molecule has 6 nitrogen and oxygen atoms in total. The monoisotopic (exact) mass is 396 g/mol. The Morgan fingerprint density at radius 2 is 2.19 bits per heavy atom. The first-order valence-corrected chi connectivity index (χ1v) is 9.03. The number of hydrogen-bond acceptors (Lipinski definition) is 4. The molecule has 1 amide bonds. The molecule has 1 saturated heterocycles. The number of anilines is 1. The van der Waals surface area contributed by atoms with E-state index in [0.717, 1.165) is 0 Å². The van der Waals surface area contributed by atoms with Gasteiger partial charge in [0.25, 0.3) is 0 Å². The number of nitrogens with one attached hydrogen (secondary N) is 1. The standard InChI is InChI=1S/C12H14BrClN2O4S/c13-9-6-8(14)7-10(12(9)18)15-11(17)2-4-16-3-1-5-21(16,19)20/h6-7,18H,1-5H2,(H,15,17). The fourth-order valence-corrected chi connectivity index (χ4v) is 4.38. The fraction of sp³-hybridized carbons (Fsp3) is 0.417. The summed E-state index contributed by atoms with van der Waals surface area (Å²) >= 11 is 8.96. The third-order valence-electron chi connectivity index (χ3n) is 3.09. The molecule has 116 valence electrons. The third kappa shape index (κ3) is 4.09. The van der Waals surface area contributed by atoms with Gasteiger partial charge in [-0.1, -0.05) is 11.6 Å². The molecule has 1 heterocycles. The number of aromatic hydroxyl groups is 1. The van der Waals surface area contributed by atoms with Crippen LogP contribution in [0.2, 0.25) is 5.02 Å². The molecule has 0 radical (unpaired) electrons. The van der Waals surface area contributed by atoms with Crippen molar-refractivity contribution in [3.05, 3.63) is 21.6 Å². The molecule has 1 aromatic rings. The van der Waals surface area contributed by atoms with Gasteiger partial charge in [-0.25, -0.2) is 12.7 Å². The van der Waals surface area contributed by atoms with Crippen molar-refractivity contribution in [2.75, 3.05) is 24.2 Å². The zero-order valence-corrected chi connectivity index (χ0v) is 14.1. The van der Waals surface area contributed by atoms with Crippen LogP contribution in [0.15, 0.2) is 16.6 Å². The maximum atomic E-state index is 11.9. The zero-order chi connectivity index (χ0) is 15.6. The normalized spacial score (nSPS) is 17.8. The molecular weight excluding hydrogens is 384 g/mol. The van der Waals surface area contributed by atoms with Crippen LogP contribution in [0.3, 0.4) is 0 Å². The van der Waals surface area contributed by atoms with E-state index in [0.29, 0.717) is 22.5 Å². The van der Waals surface area contributed by atoms with Gasteiger partial charge in [-0.15, -0.1) is 0 Å². The van der Waals surface area contributed by atoms with E-state index in [-0.39, 0.29) is 36.1 Å². The van der Waals surface area contributed by atoms with Gasteiger partial charge in [0.15, 0.2) is 5.75 Å². The van der Waals surface area contributed by atoms with E-state index >= 15 is 0 Å². The van der Waals surface area contributed by atoms with Crippen LogP contribution in [-0.2, 0) is 14.8 Å². The van der Waals surface area contributed by atoms with Crippen molar-refractivity contribution < 1.29 is 18.3 Å². The Labute approximate surface area is 136 Å². The third-order valence-corrected chi connectivity index (χ3v) is 5.87. The summed E-state index contributed by atoms with van der Waals surface area (Å²) in [7, 11) is -3.20. The van der Waals surface area contributed by atoms with Crippen LogP contribution in [0.5, 0.6) is 5.75 Å². The lowest BCUT2D eigenvalue weighted by atomic mass is 10.2. The summed E-state index contributed by atoms with van der Waals surface area (Å²) in [4.78, 5) is 11.9. The molecule has 0 unspecified atom stereocenters. The van der Waals surface area contributed by atoms with E-state index in [1.807, 2.05) is 0 Å². The number of phenols is 1. The van der Waals surface area contributed by atoms with Gasteiger partial charge in [0.05, 0.1) is 15.9 Å². The number of rotatable bonds is 4. The molecule has 2 rings (SSSR count). The summed E-state index contributed by atoms with van der Waals surface area (Å²) in [5.41, 5.74) is 0.184. The van der Waals surface area contributed by atoms with Crippen molar-refractivity contribution in [2.45, 2.75) is 12.8 Å². The fourth-order valence-electron chi connectivity index (χ4n) is 2.04. The minimum atomic E-state index is -3.20. The van der Waals surface area contributed by atoms with Crippen LogP contribution in [0.25, 0.3) is 0 Å². The molecule has 1 aliphatic heterocycles. The maximum Gasteiger partial charge on any atom is 0.225 e. The summed E-state index contributed by atoms with van der Waals surface area (Å²) in [5, 5.41) is 12.7. The van der Waals surface area contributed by atoms with Crippen LogP contribution >= 0.6 is 27.5 Å². The van der Waals surface area contributed by atoms with Gasteiger partial charge in [0.2, 0.25) is 15.9 Å². The minimum Gasteiger partial charge on any atom is -0.505 e. The van der Waals surface area contributed by atoms with Gasteiger partial charge in [-0.3, -0.25) is 4.79 Å². The molecule has 21 heavy (non-hydrogen) atoms. The Morgan fingerprint density at radius 1 is 1.48 bits per heavy atom. The largest absolute Gasteiger partial charge is 0.505 e. The van der Waals surface area contributed by atoms with E-state index in [9.17, 15) is 18.3 Å². The van der Waals surface area contributed by atoms with Crippen molar-refractivity contribution in [3.63, 3.8) is 0 Å². The first-order chi connectivity index (χ1) is 9.79. The average molecular weight is 398 g/mol. The second-order valence-electron chi connectivity index (χ2n) is 4.65. The number of carbonyl (C=O) groups excluding carboxylic acids is 1. The van der Waals surface area contributed by atoms with Gasteiger partial charge >= 0.3 is 0 Å². The molecule has 1 aliphatic rings. The van der Waals surface area contributed by atoms with Crippen LogP contribution in [0.1, 0.15) is 12.8 Å². The number of halogens is 2. The summed E-state index contributed by atoms with van der Waals surface area (Å²) in [5.74, 6) is -0.375. The van der Waals surface area contributed by atoms with Crippen molar-refractivity contribution >= 4 is 49.1 Å². The number of amides is 1. The molecule has 2 N–H and O–H groups in total. The molecule has 1 fully saturated rings. The predicted octanol–water partition coefficient (Wildman–Crippen LogP) is 2.17. The van der Waals surface area contributed by atoms with Crippen molar-refractivity contribution in [3.8, 4) is 5.75 Å².